The van der Waals surface area contributed by atoms with Gasteiger partial charge in [-0.25, -0.2) is 9.59 Å². The van der Waals surface area contributed by atoms with Gasteiger partial charge in [0.1, 0.15) is 18.1 Å². The minimum atomic E-state index is -0.391. The number of urea groups is 1. The Kier molecular flexibility index (Phi) is 7.63. The largest absolute Gasteiger partial charge is 0.496 e. The van der Waals surface area contributed by atoms with Crippen LogP contribution in [0.4, 0.5) is 4.79 Å². The van der Waals surface area contributed by atoms with Gasteiger partial charge in [0.05, 0.1) is 25.8 Å². The van der Waals surface area contributed by atoms with Crippen LogP contribution in [-0.2, 0) is 22.7 Å². The van der Waals surface area contributed by atoms with Gasteiger partial charge in [-0.2, -0.15) is 0 Å². The van der Waals surface area contributed by atoms with Crippen molar-refractivity contribution in [1.82, 2.24) is 10.2 Å². The number of esters is 1. The molecule has 0 aromatic heterocycles. The van der Waals surface area contributed by atoms with Crippen molar-refractivity contribution < 1.29 is 23.8 Å². The van der Waals surface area contributed by atoms with Crippen molar-refractivity contribution >= 4 is 17.6 Å². The van der Waals surface area contributed by atoms with Crippen molar-refractivity contribution in [2.75, 3.05) is 14.2 Å². The second kappa shape index (κ2) is 11.4. The van der Waals surface area contributed by atoms with Gasteiger partial charge in [-0.3, -0.25) is 0 Å². The van der Waals surface area contributed by atoms with Crippen LogP contribution in [0.15, 0.2) is 84.4 Å². The summed E-state index contributed by atoms with van der Waals surface area (Å²) in [7, 11) is 3.00. The molecule has 0 radical (unpaired) electrons. The molecule has 1 saturated heterocycles. The maximum absolute atomic E-state index is 13.3. The van der Waals surface area contributed by atoms with Crippen LogP contribution < -0.4 is 14.8 Å². The van der Waals surface area contributed by atoms with Gasteiger partial charge in [0.2, 0.25) is 0 Å². The zero-order chi connectivity index (χ0) is 26.5. The van der Waals surface area contributed by atoms with Crippen LogP contribution in [0, 0.1) is 0 Å². The lowest BCUT2D eigenvalue weighted by Gasteiger charge is -2.37. The van der Waals surface area contributed by atoms with E-state index in [1.165, 1.54) is 7.11 Å². The Morgan fingerprint density at radius 3 is 2.39 bits per heavy atom. The second-order valence-corrected chi connectivity index (χ2v) is 9.51. The number of methoxy groups -OCH3 is 2. The Balaban J connectivity index is 1.34. The molecule has 2 aliphatic rings. The molecule has 3 aromatic carbocycles. The van der Waals surface area contributed by atoms with Crippen molar-refractivity contribution in [2.45, 2.75) is 44.5 Å². The van der Waals surface area contributed by atoms with Crippen LogP contribution in [-0.4, -0.2) is 43.2 Å². The summed E-state index contributed by atoms with van der Waals surface area (Å²) in [6, 6.07) is 24.9. The lowest BCUT2D eigenvalue weighted by molar-refractivity contribution is -0.136. The molecule has 2 bridgehead atoms. The molecule has 5 rings (SSSR count). The first-order chi connectivity index (χ1) is 18.6. The number of fused-ring (bicyclic) bond motifs is 2. The highest BCUT2D eigenvalue weighted by molar-refractivity contribution is 6.01. The van der Waals surface area contributed by atoms with Crippen molar-refractivity contribution in [3.63, 3.8) is 0 Å². The number of amides is 2. The van der Waals surface area contributed by atoms with E-state index >= 15 is 0 Å². The van der Waals surface area contributed by atoms with E-state index < -0.39 is 5.97 Å². The Morgan fingerprint density at radius 2 is 1.66 bits per heavy atom. The molecule has 1 N–H and O–H groups in total. The highest BCUT2D eigenvalue weighted by Crippen LogP contribution is 2.43. The molecule has 1 fully saturated rings. The predicted molar refractivity (Wildman–Crippen MR) is 145 cm³/mol. The number of hydrogen-bond donors (Lipinski definition) is 1. The molecule has 38 heavy (non-hydrogen) atoms. The lowest BCUT2D eigenvalue weighted by Crippen LogP contribution is -2.50. The first-order valence-electron chi connectivity index (χ1n) is 12.9. The molecule has 0 spiro atoms. The van der Waals surface area contributed by atoms with E-state index in [9.17, 15) is 9.59 Å². The third-order valence-corrected chi connectivity index (χ3v) is 7.31. The minimum absolute atomic E-state index is 0.00934. The summed E-state index contributed by atoms with van der Waals surface area (Å²) in [5.74, 6) is 1.09. The number of carbonyl (C=O) groups is 2. The molecular formula is C31H32N2O5. The summed E-state index contributed by atoms with van der Waals surface area (Å²) >= 11 is 0. The minimum Gasteiger partial charge on any atom is -0.496 e. The third kappa shape index (κ3) is 5.23. The summed E-state index contributed by atoms with van der Waals surface area (Å²) in [5, 5.41) is 3.03. The number of nitrogens with one attached hydrogen (secondary N) is 1. The molecule has 2 amide bonds. The molecule has 0 unspecified atom stereocenters. The first-order valence-corrected chi connectivity index (χ1v) is 12.9. The van der Waals surface area contributed by atoms with Gasteiger partial charge in [0, 0.05) is 18.2 Å². The molecular weight excluding hydrogens is 480 g/mol. The van der Waals surface area contributed by atoms with Crippen molar-refractivity contribution in [3.8, 4) is 11.5 Å². The van der Waals surface area contributed by atoms with Gasteiger partial charge in [-0.05, 0) is 54.2 Å². The van der Waals surface area contributed by atoms with E-state index in [0.29, 0.717) is 25.1 Å². The number of hydrogen-bond acceptors (Lipinski definition) is 5. The fourth-order valence-electron chi connectivity index (χ4n) is 5.47. The van der Waals surface area contributed by atoms with Crippen LogP contribution in [0.25, 0.3) is 5.57 Å². The average Bonchev–Trinajstić information content (AvgIpc) is 3.28. The topological polar surface area (TPSA) is 77.1 Å². The van der Waals surface area contributed by atoms with E-state index in [0.717, 1.165) is 46.6 Å². The van der Waals surface area contributed by atoms with Gasteiger partial charge in [-0.15, -0.1) is 0 Å². The average molecular weight is 513 g/mol. The van der Waals surface area contributed by atoms with Crippen molar-refractivity contribution in [2.24, 2.45) is 0 Å². The first kappa shape index (κ1) is 25.4. The number of rotatable bonds is 8. The van der Waals surface area contributed by atoms with E-state index in [1.807, 2.05) is 83.8 Å². The fourth-order valence-corrected chi connectivity index (χ4v) is 5.47. The normalized spacial score (nSPS) is 18.2. The van der Waals surface area contributed by atoms with E-state index in [-0.39, 0.29) is 18.1 Å². The summed E-state index contributed by atoms with van der Waals surface area (Å²) in [4.78, 5) is 28.2. The van der Waals surface area contributed by atoms with Crippen molar-refractivity contribution in [3.05, 3.63) is 101 Å². The second-order valence-electron chi connectivity index (χ2n) is 9.51. The zero-order valence-electron chi connectivity index (χ0n) is 21.7. The number of ether oxygens (including phenoxy) is 3. The Morgan fingerprint density at radius 1 is 0.921 bits per heavy atom. The number of carbonyl (C=O) groups excluding carboxylic acids is 2. The van der Waals surface area contributed by atoms with Crippen LogP contribution in [0.3, 0.4) is 0 Å². The molecule has 7 nitrogen and oxygen atoms in total. The molecule has 2 aliphatic heterocycles. The van der Waals surface area contributed by atoms with Crippen LogP contribution >= 0.6 is 0 Å². The van der Waals surface area contributed by atoms with Gasteiger partial charge < -0.3 is 24.4 Å². The molecule has 2 heterocycles. The summed E-state index contributed by atoms with van der Waals surface area (Å²) in [6.45, 7) is 0.826. The van der Waals surface area contributed by atoms with Crippen LogP contribution in [0.1, 0.15) is 36.0 Å². The van der Waals surface area contributed by atoms with Crippen LogP contribution in [0.2, 0.25) is 0 Å². The third-order valence-electron chi connectivity index (χ3n) is 7.31. The maximum Gasteiger partial charge on any atom is 0.336 e. The van der Waals surface area contributed by atoms with E-state index in [2.05, 4.69) is 5.32 Å². The quantitative estimate of drug-likeness (QED) is 0.412. The Labute approximate surface area is 223 Å². The SMILES string of the molecule is COC(=O)C1=C(c2ccc(OCc3ccccc3)cc2)C[C@@H]2CC[C@H]1N2C(=O)NCc1ccccc1OC. The predicted octanol–water partition coefficient (Wildman–Crippen LogP) is 5.35. The summed E-state index contributed by atoms with van der Waals surface area (Å²) in [6.07, 6.45) is 2.14. The van der Waals surface area contributed by atoms with Gasteiger partial charge >= 0.3 is 12.0 Å². The monoisotopic (exact) mass is 512 g/mol. The maximum atomic E-state index is 13.3. The van der Waals surface area contributed by atoms with E-state index in [4.69, 9.17) is 14.2 Å². The fraction of sp³-hybridized carbons (Fsp3) is 0.290. The van der Waals surface area contributed by atoms with Gasteiger partial charge in [0.25, 0.3) is 0 Å². The van der Waals surface area contributed by atoms with E-state index in [1.54, 1.807) is 7.11 Å². The highest BCUT2D eigenvalue weighted by Gasteiger charge is 2.46. The standard InChI is InChI=1S/C31H32N2O5/c1-36-28-11-7-6-10-23(28)19-32-31(35)33-24-14-17-27(33)29(30(34)37-2)26(18-24)22-12-15-25(16-13-22)38-20-21-8-4-3-5-9-21/h3-13,15-16,24,27H,14,17-20H2,1-2H3,(H,32,35)/t24-,27+/m0/s1. The summed E-state index contributed by atoms with van der Waals surface area (Å²) < 4.78 is 16.5. The van der Waals surface area contributed by atoms with Gasteiger partial charge in [0.15, 0.2) is 0 Å². The number of nitrogens with zero attached hydrogens (tertiary/aromatic N) is 1. The lowest BCUT2D eigenvalue weighted by atomic mass is 9.88. The highest BCUT2D eigenvalue weighted by atomic mass is 16.5. The Bertz CT molecular complexity index is 1320. The number of para-hydroxylation sites is 1. The van der Waals surface area contributed by atoms with Gasteiger partial charge in [-0.1, -0.05) is 60.7 Å². The number of benzene rings is 3. The molecule has 2 atom stereocenters. The molecule has 7 heteroatoms. The van der Waals surface area contributed by atoms with Crippen molar-refractivity contribution in [1.29, 1.82) is 0 Å². The van der Waals surface area contributed by atoms with Crippen LogP contribution in [0.5, 0.6) is 11.5 Å². The zero-order valence-corrected chi connectivity index (χ0v) is 21.7. The molecule has 196 valence electrons. The molecule has 3 aromatic rings. The summed E-state index contributed by atoms with van der Waals surface area (Å²) in [5.41, 5.74) is 4.44. The smallest absolute Gasteiger partial charge is 0.336 e. The molecule has 0 saturated carbocycles. The molecule has 0 aliphatic carbocycles. The Hall–Kier alpha value is -4.26.